The minimum absolute atomic E-state index is 0.0665. The fourth-order valence-corrected chi connectivity index (χ4v) is 6.11. The molecular formula is C24H30N2O4S. The van der Waals surface area contributed by atoms with Crippen LogP contribution in [0.25, 0.3) is 0 Å². The van der Waals surface area contributed by atoms with Crippen LogP contribution in [0, 0.1) is 6.92 Å². The van der Waals surface area contributed by atoms with Gasteiger partial charge in [-0.05, 0) is 68.0 Å². The number of ether oxygens (including phenoxy) is 1. The van der Waals surface area contributed by atoms with E-state index in [1.165, 1.54) is 10.7 Å². The number of carbonyl (C=O) groups is 1. The normalized spacial score (nSPS) is 17.1. The van der Waals surface area contributed by atoms with E-state index in [1.54, 1.807) is 25.1 Å². The van der Waals surface area contributed by atoms with Gasteiger partial charge in [-0.25, -0.2) is 8.42 Å². The Morgan fingerprint density at radius 3 is 2.65 bits per heavy atom. The minimum atomic E-state index is -3.67. The Kier molecular flexibility index (Phi) is 6.51. The summed E-state index contributed by atoms with van der Waals surface area (Å²) in [4.78, 5) is 12.4. The zero-order valence-electron chi connectivity index (χ0n) is 18.0. The summed E-state index contributed by atoms with van der Waals surface area (Å²) >= 11 is 0. The topological polar surface area (TPSA) is 75.7 Å². The van der Waals surface area contributed by atoms with Gasteiger partial charge in [0.05, 0.1) is 10.6 Å². The minimum Gasteiger partial charge on any atom is -0.484 e. The predicted molar refractivity (Wildman–Crippen MR) is 121 cm³/mol. The molecule has 0 radical (unpaired) electrons. The lowest BCUT2D eigenvalue weighted by Crippen LogP contribution is -2.39. The molecule has 1 saturated carbocycles. The fraction of sp³-hybridized carbons (Fsp3) is 0.458. The number of hydrogen-bond donors (Lipinski definition) is 1. The van der Waals surface area contributed by atoms with Crippen LogP contribution in [0.4, 0.5) is 5.69 Å². The second kappa shape index (κ2) is 9.30. The molecule has 4 rings (SSSR count). The largest absolute Gasteiger partial charge is 0.484 e. The number of sulfonamides is 1. The molecule has 2 aromatic rings. The summed E-state index contributed by atoms with van der Waals surface area (Å²) in [6.45, 7) is 2.21. The second-order valence-electron chi connectivity index (χ2n) is 8.43. The summed E-state index contributed by atoms with van der Waals surface area (Å²) in [5.74, 6) is 0.393. The van der Waals surface area contributed by atoms with E-state index in [4.69, 9.17) is 4.74 Å². The predicted octanol–water partition coefficient (Wildman–Crippen LogP) is 3.96. The zero-order valence-corrected chi connectivity index (χ0v) is 18.8. The van der Waals surface area contributed by atoms with Gasteiger partial charge >= 0.3 is 0 Å². The Morgan fingerprint density at radius 2 is 1.87 bits per heavy atom. The van der Waals surface area contributed by atoms with Gasteiger partial charge in [0, 0.05) is 12.6 Å². The molecule has 1 aliphatic heterocycles. The van der Waals surface area contributed by atoms with Gasteiger partial charge in [0.1, 0.15) is 5.75 Å². The van der Waals surface area contributed by atoms with Crippen molar-refractivity contribution < 1.29 is 17.9 Å². The van der Waals surface area contributed by atoms with Crippen molar-refractivity contribution in [1.82, 2.24) is 5.32 Å². The van der Waals surface area contributed by atoms with Crippen LogP contribution in [0.2, 0.25) is 0 Å². The lowest BCUT2D eigenvalue weighted by atomic mass is 9.95. The Morgan fingerprint density at radius 1 is 1.10 bits per heavy atom. The molecular weight excluding hydrogens is 412 g/mol. The van der Waals surface area contributed by atoms with Crippen LogP contribution in [0.5, 0.6) is 5.75 Å². The van der Waals surface area contributed by atoms with Crippen molar-refractivity contribution in [3.63, 3.8) is 0 Å². The highest BCUT2D eigenvalue weighted by molar-refractivity contribution is 7.92. The summed E-state index contributed by atoms with van der Waals surface area (Å²) in [6, 6.07) is 12.7. The Bertz CT molecular complexity index is 1050. The van der Waals surface area contributed by atoms with Crippen molar-refractivity contribution in [2.75, 3.05) is 17.5 Å². The number of nitrogens with one attached hydrogen (secondary N) is 1. The van der Waals surface area contributed by atoms with Crippen LogP contribution < -0.4 is 14.4 Å². The van der Waals surface area contributed by atoms with Gasteiger partial charge in [0.25, 0.3) is 15.9 Å². The number of nitrogens with zero attached hydrogens (tertiary/aromatic N) is 1. The van der Waals surface area contributed by atoms with Crippen molar-refractivity contribution >= 4 is 21.6 Å². The standard InChI is InChI=1S/C24H30N2O4S/c1-18-16-21(31(28,29)26-15-7-9-19-8-5-6-12-22(19)26)13-14-23(18)30-17-24(27)25-20-10-3-2-4-11-20/h5-6,8,12-14,16,20H,2-4,7,9-11,15,17H2,1H3,(H,25,27). The summed E-state index contributed by atoms with van der Waals surface area (Å²) in [5, 5.41) is 3.03. The molecule has 1 amide bonds. The van der Waals surface area contributed by atoms with Gasteiger partial charge in [0.15, 0.2) is 6.61 Å². The molecule has 7 heteroatoms. The van der Waals surface area contributed by atoms with Crippen molar-refractivity contribution in [2.45, 2.75) is 62.8 Å². The average molecular weight is 443 g/mol. The van der Waals surface area contributed by atoms with Gasteiger partial charge in [-0.3, -0.25) is 9.10 Å². The van der Waals surface area contributed by atoms with Crippen LogP contribution in [0.3, 0.4) is 0 Å². The molecule has 0 spiro atoms. The SMILES string of the molecule is Cc1cc(S(=O)(=O)N2CCCc3ccccc32)ccc1OCC(=O)NC1CCCCC1. The monoisotopic (exact) mass is 442 g/mol. The van der Waals surface area contributed by atoms with E-state index in [-0.39, 0.29) is 23.5 Å². The molecule has 1 heterocycles. The quantitative estimate of drug-likeness (QED) is 0.735. The number of benzene rings is 2. The average Bonchev–Trinajstić information content (AvgIpc) is 2.78. The molecule has 2 aliphatic rings. The van der Waals surface area contributed by atoms with Crippen molar-refractivity contribution in [3.8, 4) is 5.75 Å². The van der Waals surface area contributed by atoms with Gasteiger partial charge in [-0.1, -0.05) is 37.5 Å². The number of carbonyl (C=O) groups excluding carboxylic acids is 1. The molecule has 0 atom stereocenters. The maximum atomic E-state index is 13.3. The van der Waals surface area contributed by atoms with Gasteiger partial charge in [0.2, 0.25) is 0 Å². The third-order valence-electron chi connectivity index (χ3n) is 6.13. The van der Waals surface area contributed by atoms with E-state index in [0.717, 1.165) is 49.8 Å². The molecule has 0 saturated heterocycles. The van der Waals surface area contributed by atoms with Crippen LogP contribution in [-0.2, 0) is 21.2 Å². The van der Waals surface area contributed by atoms with Crippen LogP contribution >= 0.6 is 0 Å². The number of rotatable bonds is 6. The number of hydrogen-bond acceptors (Lipinski definition) is 4. The molecule has 6 nitrogen and oxygen atoms in total. The maximum Gasteiger partial charge on any atom is 0.264 e. The van der Waals surface area contributed by atoms with Gasteiger partial charge < -0.3 is 10.1 Å². The zero-order chi connectivity index (χ0) is 21.8. The summed E-state index contributed by atoms with van der Waals surface area (Å²) in [6.07, 6.45) is 7.28. The highest BCUT2D eigenvalue weighted by Gasteiger charge is 2.29. The van der Waals surface area contributed by atoms with E-state index >= 15 is 0 Å². The van der Waals surface area contributed by atoms with E-state index in [0.29, 0.717) is 17.9 Å². The first-order valence-corrected chi connectivity index (χ1v) is 12.5. The van der Waals surface area contributed by atoms with E-state index < -0.39 is 10.0 Å². The Balaban J connectivity index is 1.44. The lowest BCUT2D eigenvalue weighted by molar-refractivity contribution is -0.124. The summed E-state index contributed by atoms with van der Waals surface area (Å²) in [7, 11) is -3.67. The van der Waals surface area contributed by atoms with E-state index in [9.17, 15) is 13.2 Å². The smallest absolute Gasteiger partial charge is 0.264 e. The highest BCUT2D eigenvalue weighted by atomic mass is 32.2. The summed E-state index contributed by atoms with van der Waals surface area (Å²) < 4.78 is 33.8. The molecule has 0 aromatic heterocycles. The number of para-hydroxylation sites is 1. The first-order chi connectivity index (χ1) is 14.9. The molecule has 1 N–H and O–H groups in total. The molecule has 0 unspecified atom stereocenters. The molecule has 166 valence electrons. The van der Waals surface area contributed by atoms with Crippen molar-refractivity contribution in [3.05, 3.63) is 53.6 Å². The molecule has 1 aliphatic carbocycles. The van der Waals surface area contributed by atoms with Crippen molar-refractivity contribution in [2.24, 2.45) is 0 Å². The molecule has 0 bridgehead atoms. The number of fused-ring (bicyclic) bond motifs is 1. The molecule has 31 heavy (non-hydrogen) atoms. The Labute approximate surface area is 184 Å². The van der Waals surface area contributed by atoms with Crippen molar-refractivity contribution in [1.29, 1.82) is 0 Å². The van der Waals surface area contributed by atoms with Crippen LogP contribution in [0.15, 0.2) is 47.4 Å². The van der Waals surface area contributed by atoms with Crippen LogP contribution in [-0.4, -0.2) is 33.5 Å². The Hall–Kier alpha value is -2.54. The maximum absolute atomic E-state index is 13.3. The highest BCUT2D eigenvalue weighted by Crippen LogP contribution is 2.33. The number of aryl methyl sites for hydroxylation is 2. The first-order valence-electron chi connectivity index (χ1n) is 11.1. The molecule has 2 aromatic carbocycles. The lowest BCUT2D eigenvalue weighted by Gasteiger charge is -2.30. The first kappa shape index (κ1) is 21.7. The van der Waals surface area contributed by atoms with E-state index in [1.807, 2.05) is 24.3 Å². The number of amides is 1. The van der Waals surface area contributed by atoms with Crippen LogP contribution in [0.1, 0.15) is 49.7 Å². The third kappa shape index (κ3) is 4.87. The molecule has 1 fully saturated rings. The second-order valence-corrected chi connectivity index (χ2v) is 10.3. The summed E-state index contributed by atoms with van der Waals surface area (Å²) in [5.41, 5.74) is 2.50. The van der Waals surface area contributed by atoms with Gasteiger partial charge in [-0.2, -0.15) is 0 Å². The third-order valence-corrected chi connectivity index (χ3v) is 7.94. The van der Waals surface area contributed by atoms with E-state index in [2.05, 4.69) is 5.32 Å². The number of anilines is 1. The van der Waals surface area contributed by atoms with Gasteiger partial charge in [-0.15, -0.1) is 0 Å². The fourth-order valence-electron chi connectivity index (χ4n) is 4.48.